The number of amides is 2. The first-order valence-corrected chi connectivity index (χ1v) is 9.86. The van der Waals surface area contributed by atoms with Crippen molar-refractivity contribution in [1.29, 1.82) is 0 Å². The van der Waals surface area contributed by atoms with Gasteiger partial charge in [0.15, 0.2) is 0 Å². The van der Waals surface area contributed by atoms with Gasteiger partial charge in [0.05, 0.1) is 5.60 Å². The Morgan fingerprint density at radius 2 is 2.30 bits per heavy atom. The number of aromatic nitrogens is 2. The first-order chi connectivity index (χ1) is 13.0. The third kappa shape index (κ3) is 2.17. The standard InChI is InChI=1S/C19H25BN4O3/c1-3-21-17(25)24-8-5-18(6-9-24)11-19(12(18)2)15-13-4-7-22-16(13)23-10-14(15)20(26)27-19/h4,7,10,12,26H,3,5-6,8-9,11H2,1-2H3,(H,21,25)(H,22,23). The summed E-state index contributed by atoms with van der Waals surface area (Å²) in [5, 5.41) is 14.5. The molecule has 1 saturated heterocycles. The minimum atomic E-state index is -0.915. The first-order valence-electron chi connectivity index (χ1n) is 9.86. The molecule has 2 aliphatic heterocycles. The summed E-state index contributed by atoms with van der Waals surface area (Å²) in [5.74, 6) is 0.276. The molecule has 2 atom stereocenters. The highest BCUT2D eigenvalue weighted by Crippen LogP contribution is 2.66. The summed E-state index contributed by atoms with van der Waals surface area (Å²) in [6.07, 6.45) is 6.47. The molecule has 4 heterocycles. The molecule has 3 N–H and O–H groups in total. The van der Waals surface area contributed by atoms with Crippen molar-refractivity contribution < 1.29 is 14.5 Å². The van der Waals surface area contributed by atoms with E-state index in [1.165, 1.54) is 0 Å². The fourth-order valence-corrected chi connectivity index (χ4v) is 5.67. The van der Waals surface area contributed by atoms with Crippen molar-refractivity contribution in [2.45, 2.75) is 38.7 Å². The third-order valence-electron chi connectivity index (χ3n) is 7.23. The summed E-state index contributed by atoms with van der Waals surface area (Å²) in [4.78, 5) is 21.6. The van der Waals surface area contributed by atoms with E-state index in [0.717, 1.165) is 54.4 Å². The Bertz CT molecular complexity index is 907. The van der Waals surface area contributed by atoms with Crippen LogP contribution in [0.5, 0.6) is 0 Å². The Morgan fingerprint density at radius 3 is 3.00 bits per heavy atom. The van der Waals surface area contributed by atoms with Crippen molar-refractivity contribution in [2.24, 2.45) is 11.3 Å². The lowest BCUT2D eigenvalue weighted by molar-refractivity contribution is -0.194. The minimum Gasteiger partial charge on any atom is -0.423 e. The zero-order chi connectivity index (χ0) is 18.8. The SMILES string of the molecule is CCNC(=O)N1CCC2(CC1)CC1(OB(O)c3cnc4[nH]ccc4c31)C2C. The van der Waals surface area contributed by atoms with Crippen molar-refractivity contribution in [1.82, 2.24) is 20.2 Å². The van der Waals surface area contributed by atoms with Crippen LogP contribution in [0.4, 0.5) is 4.79 Å². The number of urea groups is 1. The molecule has 3 aliphatic rings. The molecule has 27 heavy (non-hydrogen) atoms. The van der Waals surface area contributed by atoms with Crippen LogP contribution in [0.2, 0.25) is 0 Å². The lowest BCUT2D eigenvalue weighted by atomic mass is 9.46. The van der Waals surface area contributed by atoms with Gasteiger partial charge in [-0.1, -0.05) is 6.92 Å². The second-order valence-corrected chi connectivity index (χ2v) is 8.27. The van der Waals surface area contributed by atoms with Crippen LogP contribution in [-0.4, -0.2) is 52.7 Å². The fraction of sp³-hybridized carbons (Fsp3) is 0.579. The maximum Gasteiger partial charge on any atom is 0.493 e. The van der Waals surface area contributed by atoms with Gasteiger partial charge in [-0.3, -0.25) is 0 Å². The molecule has 2 unspecified atom stereocenters. The highest BCUT2D eigenvalue weighted by molar-refractivity contribution is 6.62. The zero-order valence-electron chi connectivity index (χ0n) is 15.8. The second-order valence-electron chi connectivity index (χ2n) is 8.27. The number of hydrogen-bond acceptors (Lipinski definition) is 4. The Kier molecular flexibility index (Phi) is 3.62. The van der Waals surface area contributed by atoms with Crippen LogP contribution < -0.4 is 10.8 Å². The van der Waals surface area contributed by atoms with Crippen LogP contribution >= 0.6 is 0 Å². The topological polar surface area (TPSA) is 90.5 Å². The number of hydrogen-bond donors (Lipinski definition) is 3. The van der Waals surface area contributed by atoms with E-state index in [4.69, 9.17) is 4.65 Å². The number of carbonyl (C=O) groups is 1. The Hall–Kier alpha value is -2.06. The van der Waals surface area contributed by atoms with Crippen molar-refractivity contribution in [3.63, 3.8) is 0 Å². The molecule has 0 radical (unpaired) electrons. The number of H-pyrrole nitrogens is 1. The number of carbonyl (C=O) groups excluding carboxylic acids is 1. The summed E-state index contributed by atoms with van der Waals surface area (Å²) >= 11 is 0. The van der Waals surface area contributed by atoms with Crippen molar-refractivity contribution in [3.8, 4) is 0 Å². The van der Waals surface area contributed by atoms with Crippen molar-refractivity contribution in [2.75, 3.05) is 19.6 Å². The van der Waals surface area contributed by atoms with Gasteiger partial charge in [0.1, 0.15) is 5.65 Å². The number of pyridine rings is 1. The lowest BCUT2D eigenvalue weighted by Gasteiger charge is -2.63. The quantitative estimate of drug-likeness (QED) is 0.663. The Morgan fingerprint density at radius 1 is 1.52 bits per heavy atom. The molecule has 0 bridgehead atoms. The minimum absolute atomic E-state index is 0.0343. The molecule has 2 amide bonds. The maximum absolute atomic E-state index is 12.1. The predicted octanol–water partition coefficient (Wildman–Crippen LogP) is 1.33. The molecule has 2 fully saturated rings. The second kappa shape index (κ2) is 5.72. The Balaban J connectivity index is 1.43. The summed E-state index contributed by atoms with van der Waals surface area (Å²) < 4.78 is 6.19. The van der Waals surface area contributed by atoms with Gasteiger partial charge in [0.25, 0.3) is 0 Å². The molecular formula is C19H25BN4O3. The summed E-state index contributed by atoms with van der Waals surface area (Å²) in [6, 6.07) is 2.06. The molecule has 7 nitrogen and oxygen atoms in total. The molecule has 142 valence electrons. The van der Waals surface area contributed by atoms with Crippen molar-refractivity contribution in [3.05, 3.63) is 24.0 Å². The monoisotopic (exact) mass is 368 g/mol. The van der Waals surface area contributed by atoms with E-state index in [9.17, 15) is 9.82 Å². The van der Waals surface area contributed by atoms with E-state index < -0.39 is 12.7 Å². The zero-order valence-corrected chi connectivity index (χ0v) is 15.8. The highest BCUT2D eigenvalue weighted by atomic mass is 16.5. The number of piperidine rings is 1. The summed E-state index contributed by atoms with van der Waals surface area (Å²) in [6.45, 7) is 6.39. The normalized spacial score (nSPS) is 28.6. The highest BCUT2D eigenvalue weighted by Gasteiger charge is 2.67. The van der Waals surface area contributed by atoms with E-state index in [2.05, 4.69) is 22.2 Å². The number of nitrogens with one attached hydrogen (secondary N) is 2. The van der Waals surface area contributed by atoms with Gasteiger partial charge in [0, 0.05) is 42.9 Å². The van der Waals surface area contributed by atoms with E-state index in [0.29, 0.717) is 6.54 Å². The fourth-order valence-electron chi connectivity index (χ4n) is 5.67. The van der Waals surface area contributed by atoms with E-state index in [1.807, 2.05) is 24.1 Å². The van der Waals surface area contributed by atoms with E-state index >= 15 is 0 Å². The molecule has 1 saturated carbocycles. The largest absolute Gasteiger partial charge is 0.493 e. The van der Waals surface area contributed by atoms with Crippen LogP contribution in [0.15, 0.2) is 18.5 Å². The molecule has 8 heteroatoms. The predicted molar refractivity (Wildman–Crippen MR) is 103 cm³/mol. The number of aromatic amines is 1. The van der Waals surface area contributed by atoms with Gasteiger partial charge in [-0.2, -0.15) is 0 Å². The molecular weight excluding hydrogens is 343 g/mol. The van der Waals surface area contributed by atoms with Gasteiger partial charge in [-0.15, -0.1) is 0 Å². The number of likely N-dealkylation sites (tertiary alicyclic amines) is 1. The first kappa shape index (κ1) is 17.1. The smallest absolute Gasteiger partial charge is 0.423 e. The summed E-state index contributed by atoms with van der Waals surface area (Å²) in [5.41, 5.74) is 2.45. The number of fused-ring (bicyclic) bond motifs is 4. The van der Waals surface area contributed by atoms with Gasteiger partial charge in [0.2, 0.25) is 0 Å². The van der Waals surface area contributed by atoms with Crippen LogP contribution in [0.25, 0.3) is 11.0 Å². The summed E-state index contributed by atoms with van der Waals surface area (Å²) in [7, 11) is -0.915. The van der Waals surface area contributed by atoms with Crippen LogP contribution in [0, 0.1) is 11.3 Å². The number of nitrogens with zero attached hydrogens (tertiary/aromatic N) is 2. The van der Waals surface area contributed by atoms with E-state index in [-0.39, 0.29) is 17.4 Å². The molecule has 1 aliphatic carbocycles. The average Bonchev–Trinajstić information content (AvgIpc) is 3.26. The molecule has 0 aromatic carbocycles. The van der Waals surface area contributed by atoms with Crippen molar-refractivity contribution >= 4 is 29.6 Å². The average molecular weight is 368 g/mol. The number of rotatable bonds is 1. The lowest BCUT2D eigenvalue weighted by Crippen LogP contribution is -2.62. The van der Waals surface area contributed by atoms with E-state index in [1.54, 1.807) is 6.20 Å². The molecule has 2 aromatic heterocycles. The third-order valence-corrected chi connectivity index (χ3v) is 7.23. The van der Waals surface area contributed by atoms with Crippen LogP contribution in [-0.2, 0) is 10.3 Å². The maximum atomic E-state index is 12.1. The molecule has 5 rings (SSSR count). The molecule has 2 spiro atoms. The van der Waals surface area contributed by atoms with Gasteiger partial charge in [-0.25, -0.2) is 9.78 Å². The van der Waals surface area contributed by atoms with Crippen LogP contribution in [0.3, 0.4) is 0 Å². The van der Waals surface area contributed by atoms with Gasteiger partial charge < -0.3 is 24.9 Å². The van der Waals surface area contributed by atoms with Crippen LogP contribution in [0.1, 0.15) is 38.7 Å². The van der Waals surface area contributed by atoms with Gasteiger partial charge >= 0.3 is 13.1 Å². The Labute approximate surface area is 158 Å². The molecule has 2 aromatic rings. The van der Waals surface area contributed by atoms with Gasteiger partial charge in [-0.05, 0) is 49.1 Å².